The maximum atomic E-state index is 10.9. The minimum atomic E-state index is -1.10. The second-order valence-corrected chi connectivity index (χ2v) is 2.41. The van der Waals surface area contributed by atoms with Gasteiger partial charge in [0, 0.05) is 5.57 Å². The molecule has 0 aromatic carbocycles. The van der Waals surface area contributed by atoms with Gasteiger partial charge in [-0.25, -0.2) is 0 Å². The Labute approximate surface area is 63.0 Å². The van der Waals surface area contributed by atoms with Crippen molar-refractivity contribution in [3.8, 4) is 0 Å². The van der Waals surface area contributed by atoms with Gasteiger partial charge in [0.25, 0.3) is 11.5 Å². The molecule has 0 saturated heterocycles. The summed E-state index contributed by atoms with van der Waals surface area (Å²) in [4.78, 5) is 15.8. The lowest BCUT2D eigenvalue weighted by atomic mass is 9.98. The Kier molecular flexibility index (Phi) is 0.961. The molecule has 56 valence electrons. The molecule has 0 spiro atoms. The fourth-order valence-corrected chi connectivity index (χ4v) is 1.17. The van der Waals surface area contributed by atoms with Gasteiger partial charge in [0.2, 0.25) is 0 Å². The van der Waals surface area contributed by atoms with Crippen molar-refractivity contribution in [3.05, 3.63) is 23.8 Å². The Morgan fingerprint density at radius 2 is 2.55 bits per heavy atom. The molecule has 2 rings (SSSR count). The van der Waals surface area contributed by atoms with E-state index in [0.29, 0.717) is 5.57 Å². The highest BCUT2D eigenvalue weighted by molar-refractivity contribution is 6.02. The molecule has 4 nitrogen and oxygen atoms in total. The molecule has 0 aromatic rings. The van der Waals surface area contributed by atoms with E-state index in [1.807, 2.05) is 0 Å². The van der Waals surface area contributed by atoms with Crippen LogP contribution in [0.4, 0.5) is 0 Å². The zero-order valence-corrected chi connectivity index (χ0v) is 5.65. The molecule has 0 fully saturated rings. The molecule has 0 saturated carbocycles. The van der Waals surface area contributed by atoms with Gasteiger partial charge in [0.15, 0.2) is 0 Å². The monoisotopic (exact) mass is 150 g/mol. The van der Waals surface area contributed by atoms with E-state index in [0.717, 1.165) is 0 Å². The van der Waals surface area contributed by atoms with E-state index in [1.165, 1.54) is 6.21 Å². The Hall–Kier alpha value is -1.58. The molecule has 1 heterocycles. The Balaban J connectivity index is 2.48. The zero-order chi connectivity index (χ0) is 7.90. The molecule has 1 amide bonds. The van der Waals surface area contributed by atoms with Crippen molar-refractivity contribution in [2.75, 3.05) is 0 Å². The quantitative estimate of drug-likeness (QED) is 0.558. The average molecular weight is 150 g/mol. The van der Waals surface area contributed by atoms with Gasteiger partial charge in [0.05, 0.1) is 6.21 Å². The summed E-state index contributed by atoms with van der Waals surface area (Å²) in [6, 6.07) is 0. The van der Waals surface area contributed by atoms with E-state index in [1.54, 1.807) is 18.2 Å². The van der Waals surface area contributed by atoms with Crippen LogP contribution < -0.4 is 5.73 Å². The molecule has 0 aromatic heterocycles. The Bertz CT molecular complexity index is 304. The van der Waals surface area contributed by atoms with Gasteiger partial charge in [-0.05, 0) is 6.08 Å². The van der Waals surface area contributed by atoms with Gasteiger partial charge < -0.3 is 10.6 Å². The van der Waals surface area contributed by atoms with Crippen LogP contribution in [0, 0.1) is 0 Å². The molecule has 0 bridgehead atoms. The summed E-state index contributed by atoms with van der Waals surface area (Å²) >= 11 is 0. The standard InChI is InChI=1S/C7H6N2O2/c8-6(10)7-3-1-2-5(7)4-9-11-7/h1-4H,(H2,8,10). The molecule has 0 radical (unpaired) electrons. The van der Waals surface area contributed by atoms with Crippen LogP contribution in [0.2, 0.25) is 0 Å². The summed E-state index contributed by atoms with van der Waals surface area (Å²) in [6.45, 7) is 0. The molecule has 11 heavy (non-hydrogen) atoms. The number of nitrogens with zero attached hydrogens (tertiary/aromatic N) is 1. The predicted octanol–water partition coefficient (Wildman–Crippen LogP) is -0.277. The highest BCUT2D eigenvalue weighted by atomic mass is 16.7. The highest BCUT2D eigenvalue weighted by Gasteiger charge is 2.45. The van der Waals surface area contributed by atoms with Crippen LogP contribution in [-0.2, 0) is 9.63 Å². The summed E-state index contributed by atoms with van der Waals surface area (Å²) in [5, 5.41) is 3.52. The van der Waals surface area contributed by atoms with E-state index in [4.69, 9.17) is 10.6 Å². The summed E-state index contributed by atoms with van der Waals surface area (Å²) in [5.74, 6) is -0.532. The normalized spacial score (nSPS) is 31.5. The van der Waals surface area contributed by atoms with Crippen molar-refractivity contribution >= 4 is 12.1 Å². The fourth-order valence-electron chi connectivity index (χ4n) is 1.17. The molecule has 2 aliphatic rings. The second-order valence-electron chi connectivity index (χ2n) is 2.41. The number of primary amides is 1. The smallest absolute Gasteiger partial charge is 0.273 e. The maximum Gasteiger partial charge on any atom is 0.273 e. The first-order valence-electron chi connectivity index (χ1n) is 3.17. The Morgan fingerprint density at radius 1 is 1.73 bits per heavy atom. The van der Waals surface area contributed by atoms with Crippen LogP contribution in [0.25, 0.3) is 0 Å². The number of amides is 1. The van der Waals surface area contributed by atoms with Crippen molar-refractivity contribution in [3.63, 3.8) is 0 Å². The molecular weight excluding hydrogens is 144 g/mol. The van der Waals surface area contributed by atoms with Crippen molar-refractivity contribution in [2.24, 2.45) is 10.9 Å². The van der Waals surface area contributed by atoms with Crippen molar-refractivity contribution in [1.29, 1.82) is 0 Å². The number of allylic oxidation sites excluding steroid dienone is 2. The lowest BCUT2D eigenvalue weighted by molar-refractivity contribution is -0.131. The number of fused-ring (bicyclic) bond motifs is 1. The van der Waals surface area contributed by atoms with Gasteiger partial charge in [0.1, 0.15) is 0 Å². The third kappa shape index (κ3) is 0.582. The van der Waals surface area contributed by atoms with Crippen molar-refractivity contribution in [1.82, 2.24) is 0 Å². The summed E-state index contributed by atoms with van der Waals surface area (Å²) in [6.07, 6.45) is 6.56. The number of hydrogen-bond acceptors (Lipinski definition) is 3. The summed E-state index contributed by atoms with van der Waals surface area (Å²) in [7, 11) is 0. The number of rotatable bonds is 1. The van der Waals surface area contributed by atoms with Crippen LogP contribution >= 0.6 is 0 Å². The van der Waals surface area contributed by atoms with E-state index < -0.39 is 11.5 Å². The van der Waals surface area contributed by atoms with Gasteiger partial charge in [-0.1, -0.05) is 17.3 Å². The van der Waals surface area contributed by atoms with Crippen molar-refractivity contribution in [2.45, 2.75) is 5.60 Å². The largest absolute Gasteiger partial charge is 0.370 e. The Morgan fingerprint density at radius 3 is 3.18 bits per heavy atom. The molecule has 1 aliphatic heterocycles. The zero-order valence-electron chi connectivity index (χ0n) is 5.65. The van der Waals surface area contributed by atoms with E-state index in [-0.39, 0.29) is 0 Å². The SMILES string of the molecule is NC(=O)C12C=CC=C1C=NO2. The number of carbonyl (C=O) groups is 1. The van der Waals surface area contributed by atoms with Gasteiger partial charge in [-0.15, -0.1) is 0 Å². The summed E-state index contributed by atoms with van der Waals surface area (Å²) in [5.41, 5.74) is 4.74. The first kappa shape index (κ1) is 6.15. The highest BCUT2D eigenvalue weighted by Crippen LogP contribution is 2.31. The van der Waals surface area contributed by atoms with Crippen LogP contribution in [0.3, 0.4) is 0 Å². The average Bonchev–Trinajstić information content (AvgIpc) is 2.40. The fraction of sp³-hybridized carbons (Fsp3) is 0.143. The lowest BCUT2D eigenvalue weighted by Gasteiger charge is -2.16. The third-order valence-corrected chi connectivity index (χ3v) is 1.79. The predicted molar refractivity (Wildman–Crippen MR) is 38.7 cm³/mol. The maximum absolute atomic E-state index is 10.9. The molecule has 1 aliphatic carbocycles. The van der Waals surface area contributed by atoms with Crippen LogP contribution in [-0.4, -0.2) is 17.7 Å². The van der Waals surface area contributed by atoms with Crippen molar-refractivity contribution < 1.29 is 9.63 Å². The first-order valence-corrected chi connectivity index (χ1v) is 3.17. The molecule has 4 heteroatoms. The number of oxime groups is 1. The second kappa shape index (κ2) is 1.72. The van der Waals surface area contributed by atoms with E-state index >= 15 is 0 Å². The molecule has 1 atom stereocenters. The topological polar surface area (TPSA) is 64.7 Å². The first-order chi connectivity index (χ1) is 5.26. The lowest BCUT2D eigenvalue weighted by Crippen LogP contribution is -2.42. The third-order valence-electron chi connectivity index (χ3n) is 1.79. The van der Waals surface area contributed by atoms with Gasteiger partial charge in [-0.2, -0.15) is 0 Å². The minimum absolute atomic E-state index is 0.532. The molecule has 1 unspecified atom stereocenters. The number of hydrogen-bond donors (Lipinski definition) is 1. The minimum Gasteiger partial charge on any atom is -0.370 e. The molecule has 2 N–H and O–H groups in total. The van der Waals surface area contributed by atoms with Crippen LogP contribution in [0.1, 0.15) is 0 Å². The van der Waals surface area contributed by atoms with Crippen LogP contribution in [0.5, 0.6) is 0 Å². The van der Waals surface area contributed by atoms with Gasteiger partial charge in [-0.3, -0.25) is 4.79 Å². The number of nitrogens with two attached hydrogens (primary N) is 1. The van der Waals surface area contributed by atoms with Gasteiger partial charge >= 0.3 is 0 Å². The summed E-state index contributed by atoms with van der Waals surface area (Å²) < 4.78 is 0. The van der Waals surface area contributed by atoms with Crippen LogP contribution in [0.15, 0.2) is 29.0 Å². The number of carbonyl (C=O) groups excluding carboxylic acids is 1. The van der Waals surface area contributed by atoms with E-state index in [2.05, 4.69) is 5.16 Å². The van der Waals surface area contributed by atoms with E-state index in [9.17, 15) is 4.79 Å². The molecular formula is C7H6N2O2.